The highest BCUT2D eigenvalue weighted by Gasteiger charge is 2.23. The van der Waals surface area contributed by atoms with Gasteiger partial charge in [0.2, 0.25) is 5.91 Å². The summed E-state index contributed by atoms with van der Waals surface area (Å²) in [6.07, 6.45) is 0. The van der Waals surface area contributed by atoms with Gasteiger partial charge in [0.05, 0.1) is 11.6 Å². The normalized spacial score (nSPS) is 10.8. The molecule has 0 unspecified atom stereocenters. The Kier molecular flexibility index (Phi) is 5.83. The molecular formula is C23H17IN2OS. The summed E-state index contributed by atoms with van der Waals surface area (Å²) in [7, 11) is 0. The van der Waals surface area contributed by atoms with Crippen LogP contribution in [-0.4, -0.2) is 10.9 Å². The Hall–Kier alpha value is -2.51. The van der Waals surface area contributed by atoms with Gasteiger partial charge in [-0.2, -0.15) is 0 Å². The number of aromatic nitrogens is 1. The molecule has 0 aliphatic carbocycles. The highest BCUT2D eigenvalue weighted by molar-refractivity contribution is 14.1. The summed E-state index contributed by atoms with van der Waals surface area (Å²) in [4.78, 5) is 17.8. The standard InChI is InChI=1S/C23H17IN2OS/c24-19-13-11-16(12-14-19)20-15-28-23(25-20)26-22(27)21(17-7-3-1-4-8-17)18-9-5-2-6-10-18/h1-15,21H,(H,25,26,27). The van der Waals surface area contributed by atoms with Gasteiger partial charge in [0.15, 0.2) is 5.13 Å². The van der Waals surface area contributed by atoms with Crippen LogP contribution in [0.25, 0.3) is 11.3 Å². The lowest BCUT2D eigenvalue weighted by atomic mass is 9.90. The lowest BCUT2D eigenvalue weighted by Crippen LogP contribution is -2.22. The average Bonchev–Trinajstić information content (AvgIpc) is 3.19. The molecule has 138 valence electrons. The third kappa shape index (κ3) is 4.31. The predicted octanol–water partition coefficient (Wildman–Crippen LogP) is 6.19. The van der Waals surface area contributed by atoms with Crippen LogP contribution in [0.15, 0.2) is 90.3 Å². The summed E-state index contributed by atoms with van der Waals surface area (Å²) in [5.74, 6) is -0.464. The quantitative estimate of drug-likeness (QED) is 0.335. The number of carbonyl (C=O) groups excluding carboxylic acids is 1. The van der Waals surface area contributed by atoms with Crippen molar-refractivity contribution in [3.05, 3.63) is 105 Å². The molecule has 28 heavy (non-hydrogen) atoms. The Labute approximate surface area is 181 Å². The van der Waals surface area contributed by atoms with E-state index in [1.807, 2.05) is 90.3 Å². The van der Waals surface area contributed by atoms with Crippen molar-refractivity contribution >= 4 is 45.0 Å². The molecule has 0 spiro atoms. The van der Waals surface area contributed by atoms with Gasteiger partial charge in [0.25, 0.3) is 0 Å². The van der Waals surface area contributed by atoms with Crippen molar-refractivity contribution in [3.63, 3.8) is 0 Å². The maximum Gasteiger partial charge on any atom is 0.238 e. The second kappa shape index (κ2) is 8.67. The Morgan fingerprint density at radius 2 is 1.43 bits per heavy atom. The number of thiazole rings is 1. The fraction of sp³-hybridized carbons (Fsp3) is 0.0435. The number of nitrogens with one attached hydrogen (secondary N) is 1. The molecule has 0 radical (unpaired) electrons. The minimum atomic E-state index is -0.381. The summed E-state index contributed by atoms with van der Waals surface area (Å²) in [6.45, 7) is 0. The van der Waals surface area contributed by atoms with Crippen LogP contribution in [0.1, 0.15) is 17.0 Å². The van der Waals surface area contributed by atoms with E-state index in [-0.39, 0.29) is 11.8 Å². The van der Waals surface area contributed by atoms with Gasteiger partial charge in [0.1, 0.15) is 0 Å². The summed E-state index contributed by atoms with van der Waals surface area (Å²) in [5, 5.41) is 5.58. The van der Waals surface area contributed by atoms with Crippen LogP contribution >= 0.6 is 33.9 Å². The van der Waals surface area contributed by atoms with Crippen molar-refractivity contribution in [3.8, 4) is 11.3 Å². The smallest absolute Gasteiger partial charge is 0.238 e. The Bertz CT molecular complexity index is 1020. The minimum Gasteiger partial charge on any atom is -0.301 e. The van der Waals surface area contributed by atoms with Gasteiger partial charge in [-0.1, -0.05) is 72.8 Å². The molecule has 0 aliphatic heterocycles. The maximum absolute atomic E-state index is 13.2. The highest BCUT2D eigenvalue weighted by Crippen LogP contribution is 2.29. The first-order chi connectivity index (χ1) is 13.7. The molecule has 3 nitrogen and oxygen atoms in total. The number of carbonyl (C=O) groups is 1. The second-order valence-corrected chi connectivity index (χ2v) is 8.39. The average molecular weight is 496 g/mol. The van der Waals surface area contributed by atoms with E-state index in [2.05, 4.69) is 32.9 Å². The first kappa shape index (κ1) is 18.8. The number of anilines is 1. The van der Waals surface area contributed by atoms with Gasteiger partial charge in [0, 0.05) is 14.5 Å². The van der Waals surface area contributed by atoms with Crippen LogP contribution in [0, 0.1) is 3.57 Å². The molecule has 1 aromatic heterocycles. The predicted molar refractivity (Wildman–Crippen MR) is 124 cm³/mol. The van der Waals surface area contributed by atoms with Crippen molar-refractivity contribution in [1.29, 1.82) is 0 Å². The third-order valence-corrected chi connectivity index (χ3v) is 5.88. The molecule has 1 amide bonds. The summed E-state index contributed by atoms with van der Waals surface area (Å²) in [6, 6.07) is 27.8. The molecule has 3 aromatic carbocycles. The zero-order chi connectivity index (χ0) is 19.3. The van der Waals surface area contributed by atoms with E-state index in [1.54, 1.807) is 0 Å². The monoisotopic (exact) mass is 496 g/mol. The van der Waals surface area contributed by atoms with E-state index < -0.39 is 0 Å². The van der Waals surface area contributed by atoms with Crippen molar-refractivity contribution in [2.24, 2.45) is 0 Å². The number of benzene rings is 3. The Morgan fingerprint density at radius 3 is 2.00 bits per heavy atom. The molecule has 0 saturated heterocycles. The van der Waals surface area contributed by atoms with Crippen LogP contribution in [0.4, 0.5) is 5.13 Å². The molecule has 0 fully saturated rings. The first-order valence-electron chi connectivity index (χ1n) is 8.83. The van der Waals surface area contributed by atoms with Gasteiger partial charge in [-0.15, -0.1) is 11.3 Å². The number of amides is 1. The van der Waals surface area contributed by atoms with E-state index in [9.17, 15) is 4.79 Å². The van der Waals surface area contributed by atoms with Gasteiger partial charge >= 0.3 is 0 Å². The minimum absolute atomic E-state index is 0.0825. The molecule has 5 heteroatoms. The number of halogens is 1. The van der Waals surface area contributed by atoms with E-state index >= 15 is 0 Å². The van der Waals surface area contributed by atoms with E-state index in [4.69, 9.17) is 0 Å². The maximum atomic E-state index is 13.2. The fourth-order valence-electron chi connectivity index (χ4n) is 3.05. The van der Waals surface area contributed by atoms with E-state index in [0.717, 1.165) is 22.4 Å². The molecule has 0 bridgehead atoms. The second-order valence-electron chi connectivity index (χ2n) is 6.29. The zero-order valence-corrected chi connectivity index (χ0v) is 17.9. The van der Waals surface area contributed by atoms with Crippen LogP contribution in [0.5, 0.6) is 0 Å². The topological polar surface area (TPSA) is 42.0 Å². The molecule has 4 aromatic rings. The van der Waals surface area contributed by atoms with Crippen molar-refractivity contribution in [2.45, 2.75) is 5.92 Å². The number of nitrogens with zero attached hydrogens (tertiary/aromatic N) is 1. The number of hydrogen-bond donors (Lipinski definition) is 1. The lowest BCUT2D eigenvalue weighted by Gasteiger charge is -2.17. The molecule has 0 aliphatic rings. The fourth-order valence-corrected chi connectivity index (χ4v) is 4.13. The summed E-state index contributed by atoms with van der Waals surface area (Å²) < 4.78 is 1.18. The van der Waals surface area contributed by atoms with Crippen LogP contribution in [-0.2, 0) is 4.79 Å². The van der Waals surface area contributed by atoms with Crippen molar-refractivity contribution in [2.75, 3.05) is 5.32 Å². The van der Waals surface area contributed by atoms with Crippen molar-refractivity contribution in [1.82, 2.24) is 4.98 Å². The number of hydrogen-bond acceptors (Lipinski definition) is 3. The first-order valence-corrected chi connectivity index (χ1v) is 10.8. The molecular weight excluding hydrogens is 479 g/mol. The molecule has 0 atom stereocenters. The highest BCUT2D eigenvalue weighted by atomic mass is 127. The van der Waals surface area contributed by atoms with Gasteiger partial charge < -0.3 is 5.32 Å². The lowest BCUT2D eigenvalue weighted by molar-refractivity contribution is -0.116. The van der Waals surface area contributed by atoms with E-state index in [0.29, 0.717) is 5.13 Å². The summed E-state index contributed by atoms with van der Waals surface area (Å²) >= 11 is 3.72. The number of rotatable bonds is 5. The van der Waals surface area contributed by atoms with Gasteiger partial charge in [-0.25, -0.2) is 4.98 Å². The van der Waals surface area contributed by atoms with Crippen LogP contribution in [0.3, 0.4) is 0 Å². The summed E-state index contributed by atoms with van der Waals surface area (Å²) in [5.41, 5.74) is 3.83. The van der Waals surface area contributed by atoms with E-state index in [1.165, 1.54) is 14.9 Å². The molecule has 1 heterocycles. The third-order valence-electron chi connectivity index (χ3n) is 4.40. The largest absolute Gasteiger partial charge is 0.301 e. The van der Waals surface area contributed by atoms with Crippen molar-refractivity contribution < 1.29 is 4.79 Å². The molecule has 0 saturated carbocycles. The van der Waals surface area contributed by atoms with Crippen LogP contribution < -0.4 is 5.32 Å². The Morgan fingerprint density at radius 1 is 0.857 bits per heavy atom. The van der Waals surface area contributed by atoms with Gasteiger partial charge in [-0.05, 0) is 45.9 Å². The Balaban J connectivity index is 1.59. The van der Waals surface area contributed by atoms with Gasteiger partial charge in [-0.3, -0.25) is 4.79 Å². The SMILES string of the molecule is O=C(Nc1nc(-c2ccc(I)cc2)cs1)C(c1ccccc1)c1ccccc1. The molecule has 1 N–H and O–H groups in total. The zero-order valence-electron chi connectivity index (χ0n) is 14.9. The molecule has 4 rings (SSSR count). The van der Waals surface area contributed by atoms with Crippen LogP contribution in [0.2, 0.25) is 0 Å².